The molecule has 0 aliphatic rings. The predicted octanol–water partition coefficient (Wildman–Crippen LogP) is 3.66. The average molecular weight is 245 g/mol. The molecule has 0 fully saturated rings. The van der Waals surface area contributed by atoms with Crippen LogP contribution in [0, 0.1) is 13.8 Å². The molecule has 0 bridgehead atoms. The third-order valence-corrected chi connectivity index (χ3v) is 3.53. The molecule has 88 valence electrons. The quantitative estimate of drug-likeness (QED) is 0.833. The van der Waals surface area contributed by atoms with E-state index in [9.17, 15) is 4.79 Å². The van der Waals surface area contributed by atoms with Gasteiger partial charge >= 0.3 is 0 Å². The molecule has 0 saturated heterocycles. The van der Waals surface area contributed by atoms with Crippen LogP contribution in [0.2, 0.25) is 0 Å². The number of nitrogens with one attached hydrogen (secondary N) is 1. The van der Waals surface area contributed by atoms with Gasteiger partial charge in [-0.15, -0.1) is 11.3 Å². The van der Waals surface area contributed by atoms with Crippen molar-refractivity contribution in [1.82, 2.24) is 0 Å². The third-order valence-electron chi connectivity index (χ3n) is 2.62. The van der Waals surface area contributed by atoms with Crippen LogP contribution in [-0.2, 0) is 0 Å². The standard InChI is InChI=1S/C14H15NOS/c1-10-5-6-12(11(2)8-10)15-9-13(16)14-4-3-7-17-14/h3-8,15H,9H2,1-2H3. The van der Waals surface area contributed by atoms with Crippen LogP contribution in [0.1, 0.15) is 20.8 Å². The fraction of sp³-hybridized carbons (Fsp3) is 0.214. The number of aryl methyl sites for hydroxylation is 2. The van der Waals surface area contributed by atoms with E-state index in [2.05, 4.69) is 18.3 Å². The highest BCUT2D eigenvalue weighted by atomic mass is 32.1. The van der Waals surface area contributed by atoms with E-state index in [1.165, 1.54) is 22.5 Å². The lowest BCUT2D eigenvalue weighted by atomic mass is 10.1. The Balaban J connectivity index is 2.01. The van der Waals surface area contributed by atoms with E-state index in [0.29, 0.717) is 6.54 Å². The molecule has 0 amide bonds. The van der Waals surface area contributed by atoms with Gasteiger partial charge < -0.3 is 5.32 Å². The summed E-state index contributed by atoms with van der Waals surface area (Å²) in [5.74, 6) is 0.139. The Hall–Kier alpha value is -1.61. The Morgan fingerprint density at radius 3 is 2.76 bits per heavy atom. The molecule has 1 aromatic carbocycles. The minimum atomic E-state index is 0.139. The Kier molecular flexibility index (Phi) is 3.59. The van der Waals surface area contributed by atoms with Crippen LogP contribution in [0.25, 0.3) is 0 Å². The van der Waals surface area contributed by atoms with Crippen LogP contribution in [0.4, 0.5) is 5.69 Å². The monoisotopic (exact) mass is 245 g/mol. The second-order valence-corrected chi connectivity index (χ2v) is 5.02. The number of benzene rings is 1. The van der Waals surface area contributed by atoms with Gasteiger partial charge in [0.05, 0.1) is 11.4 Å². The number of carbonyl (C=O) groups is 1. The van der Waals surface area contributed by atoms with Gasteiger partial charge in [-0.3, -0.25) is 4.79 Å². The van der Waals surface area contributed by atoms with E-state index in [-0.39, 0.29) is 5.78 Å². The van der Waals surface area contributed by atoms with Crippen molar-refractivity contribution in [2.24, 2.45) is 0 Å². The predicted molar refractivity (Wildman–Crippen MR) is 73.1 cm³/mol. The van der Waals surface area contributed by atoms with Crippen molar-refractivity contribution in [3.05, 3.63) is 51.7 Å². The third kappa shape index (κ3) is 2.94. The van der Waals surface area contributed by atoms with E-state index in [1.54, 1.807) is 0 Å². The number of anilines is 1. The normalized spacial score (nSPS) is 10.2. The summed E-state index contributed by atoms with van der Waals surface area (Å²) in [5.41, 5.74) is 3.43. The summed E-state index contributed by atoms with van der Waals surface area (Å²) in [7, 11) is 0. The molecule has 0 radical (unpaired) electrons. The van der Waals surface area contributed by atoms with Crippen LogP contribution >= 0.6 is 11.3 Å². The number of thiophene rings is 1. The van der Waals surface area contributed by atoms with Crippen molar-refractivity contribution < 1.29 is 4.79 Å². The zero-order valence-corrected chi connectivity index (χ0v) is 10.8. The van der Waals surface area contributed by atoms with Crippen LogP contribution in [-0.4, -0.2) is 12.3 Å². The summed E-state index contributed by atoms with van der Waals surface area (Å²) in [6.45, 7) is 4.46. The zero-order valence-electron chi connectivity index (χ0n) is 9.99. The fourth-order valence-corrected chi connectivity index (χ4v) is 2.38. The summed E-state index contributed by atoms with van der Waals surface area (Å²) in [5, 5.41) is 5.11. The SMILES string of the molecule is Cc1ccc(NCC(=O)c2cccs2)c(C)c1. The van der Waals surface area contributed by atoms with Gasteiger partial charge in [-0.25, -0.2) is 0 Å². The van der Waals surface area contributed by atoms with Gasteiger partial charge in [0.2, 0.25) is 0 Å². The first-order valence-electron chi connectivity index (χ1n) is 5.54. The first-order valence-corrected chi connectivity index (χ1v) is 6.42. The Morgan fingerprint density at radius 2 is 2.12 bits per heavy atom. The second kappa shape index (κ2) is 5.15. The van der Waals surface area contributed by atoms with Gasteiger partial charge in [0.15, 0.2) is 5.78 Å². The maximum atomic E-state index is 11.8. The van der Waals surface area contributed by atoms with Gasteiger partial charge in [0.25, 0.3) is 0 Å². The van der Waals surface area contributed by atoms with Crippen molar-refractivity contribution in [3.8, 4) is 0 Å². The highest BCUT2D eigenvalue weighted by Crippen LogP contribution is 2.16. The number of hydrogen-bond acceptors (Lipinski definition) is 3. The largest absolute Gasteiger partial charge is 0.377 e. The van der Waals surface area contributed by atoms with E-state index >= 15 is 0 Å². The smallest absolute Gasteiger partial charge is 0.191 e. The molecule has 1 aromatic heterocycles. The van der Waals surface area contributed by atoms with Crippen molar-refractivity contribution >= 4 is 22.8 Å². The molecular formula is C14H15NOS. The van der Waals surface area contributed by atoms with Crippen LogP contribution < -0.4 is 5.32 Å². The molecule has 0 atom stereocenters. The Morgan fingerprint density at radius 1 is 1.29 bits per heavy atom. The molecule has 0 aliphatic carbocycles. The summed E-state index contributed by atoms with van der Waals surface area (Å²) in [6, 6.07) is 9.93. The molecule has 1 heterocycles. The van der Waals surface area contributed by atoms with Crippen molar-refractivity contribution in [2.75, 3.05) is 11.9 Å². The lowest BCUT2D eigenvalue weighted by Gasteiger charge is -2.08. The topological polar surface area (TPSA) is 29.1 Å². The van der Waals surface area contributed by atoms with Crippen LogP contribution in [0.5, 0.6) is 0 Å². The molecule has 17 heavy (non-hydrogen) atoms. The van der Waals surface area contributed by atoms with Gasteiger partial charge in [-0.05, 0) is 36.9 Å². The van der Waals surface area contributed by atoms with Gasteiger partial charge in [-0.2, -0.15) is 0 Å². The summed E-state index contributed by atoms with van der Waals surface area (Å²) >= 11 is 1.48. The van der Waals surface area contributed by atoms with Crippen molar-refractivity contribution in [1.29, 1.82) is 0 Å². The molecule has 0 aliphatic heterocycles. The molecule has 1 N–H and O–H groups in total. The summed E-state index contributed by atoms with van der Waals surface area (Å²) < 4.78 is 0. The van der Waals surface area contributed by atoms with E-state index in [0.717, 1.165) is 10.6 Å². The average Bonchev–Trinajstić information content (AvgIpc) is 2.81. The molecule has 0 spiro atoms. The molecule has 2 nitrogen and oxygen atoms in total. The molecular weight excluding hydrogens is 230 g/mol. The van der Waals surface area contributed by atoms with Crippen LogP contribution in [0.3, 0.4) is 0 Å². The molecule has 3 heteroatoms. The second-order valence-electron chi connectivity index (χ2n) is 4.07. The number of Topliss-reactive ketones (excluding diaryl/α,β-unsaturated/α-hetero) is 1. The van der Waals surface area contributed by atoms with Gasteiger partial charge in [0, 0.05) is 5.69 Å². The lowest BCUT2D eigenvalue weighted by molar-refractivity contribution is 0.101. The first kappa shape index (κ1) is 11.9. The summed E-state index contributed by atoms with van der Waals surface area (Å²) in [4.78, 5) is 12.6. The minimum absolute atomic E-state index is 0.139. The maximum Gasteiger partial charge on any atom is 0.191 e. The van der Waals surface area contributed by atoms with Gasteiger partial charge in [-0.1, -0.05) is 23.8 Å². The number of hydrogen-bond donors (Lipinski definition) is 1. The minimum Gasteiger partial charge on any atom is -0.377 e. The van der Waals surface area contributed by atoms with Crippen molar-refractivity contribution in [2.45, 2.75) is 13.8 Å². The van der Waals surface area contributed by atoms with Crippen molar-refractivity contribution in [3.63, 3.8) is 0 Å². The number of rotatable bonds is 4. The maximum absolute atomic E-state index is 11.8. The van der Waals surface area contributed by atoms with Gasteiger partial charge in [0.1, 0.15) is 0 Å². The van der Waals surface area contributed by atoms with E-state index < -0.39 is 0 Å². The highest BCUT2D eigenvalue weighted by molar-refractivity contribution is 7.12. The molecule has 0 unspecified atom stereocenters. The summed E-state index contributed by atoms with van der Waals surface area (Å²) in [6.07, 6.45) is 0. The highest BCUT2D eigenvalue weighted by Gasteiger charge is 2.06. The van der Waals surface area contributed by atoms with E-state index in [4.69, 9.17) is 0 Å². The Bertz CT molecular complexity index is 517. The van der Waals surface area contributed by atoms with E-state index in [1.807, 2.05) is 36.6 Å². The number of ketones is 1. The number of carbonyl (C=O) groups excluding carboxylic acids is 1. The Labute approximate surface area is 105 Å². The van der Waals surface area contributed by atoms with Crippen LogP contribution in [0.15, 0.2) is 35.7 Å². The lowest BCUT2D eigenvalue weighted by Crippen LogP contribution is -2.13. The zero-order chi connectivity index (χ0) is 12.3. The molecule has 2 aromatic rings. The molecule has 2 rings (SSSR count). The molecule has 0 saturated carbocycles. The first-order chi connectivity index (χ1) is 8.16. The fourth-order valence-electron chi connectivity index (χ4n) is 1.71.